The van der Waals surface area contributed by atoms with Crippen molar-refractivity contribution in [3.05, 3.63) is 0 Å². The third kappa shape index (κ3) is 6.54. The SMILES string of the molecule is CCC(CC)NC(=O)COCCN. The Bertz CT molecular complexity index is 136. The first kappa shape index (κ1) is 12.4. The predicted molar refractivity (Wildman–Crippen MR) is 52.4 cm³/mol. The minimum atomic E-state index is -0.0536. The van der Waals surface area contributed by atoms with E-state index in [1.54, 1.807) is 0 Å². The van der Waals surface area contributed by atoms with Crippen molar-refractivity contribution in [3.8, 4) is 0 Å². The van der Waals surface area contributed by atoms with E-state index < -0.39 is 0 Å². The van der Waals surface area contributed by atoms with Crippen LogP contribution in [0.4, 0.5) is 0 Å². The Morgan fingerprint density at radius 1 is 1.46 bits per heavy atom. The Balaban J connectivity index is 3.48. The number of ether oxygens (including phenoxy) is 1. The lowest BCUT2D eigenvalue weighted by atomic mass is 10.2. The van der Waals surface area contributed by atoms with E-state index in [0.717, 1.165) is 12.8 Å². The molecule has 4 nitrogen and oxygen atoms in total. The van der Waals surface area contributed by atoms with Crippen molar-refractivity contribution < 1.29 is 9.53 Å². The van der Waals surface area contributed by atoms with Gasteiger partial charge in [0.1, 0.15) is 6.61 Å². The molecule has 1 amide bonds. The van der Waals surface area contributed by atoms with Gasteiger partial charge in [0.2, 0.25) is 5.91 Å². The Morgan fingerprint density at radius 2 is 2.08 bits per heavy atom. The summed E-state index contributed by atoms with van der Waals surface area (Å²) >= 11 is 0. The van der Waals surface area contributed by atoms with Gasteiger partial charge in [-0.1, -0.05) is 13.8 Å². The van der Waals surface area contributed by atoms with Crippen molar-refractivity contribution in [2.24, 2.45) is 5.73 Å². The summed E-state index contributed by atoms with van der Waals surface area (Å²) in [4.78, 5) is 11.2. The van der Waals surface area contributed by atoms with Crippen molar-refractivity contribution in [3.63, 3.8) is 0 Å². The molecule has 0 atom stereocenters. The average molecular weight is 188 g/mol. The maximum absolute atomic E-state index is 11.2. The van der Waals surface area contributed by atoms with Crippen LogP contribution < -0.4 is 11.1 Å². The molecule has 0 radical (unpaired) electrons. The van der Waals surface area contributed by atoms with Crippen LogP contribution in [0, 0.1) is 0 Å². The number of nitrogens with one attached hydrogen (secondary N) is 1. The van der Waals surface area contributed by atoms with Crippen molar-refractivity contribution in [2.75, 3.05) is 19.8 Å². The molecule has 0 bridgehead atoms. The second-order valence-electron chi connectivity index (χ2n) is 2.92. The third-order valence-corrected chi connectivity index (χ3v) is 1.85. The highest BCUT2D eigenvalue weighted by Crippen LogP contribution is 1.95. The van der Waals surface area contributed by atoms with Crippen molar-refractivity contribution in [1.29, 1.82) is 0 Å². The van der Waals surface area contributed by atoms with Crippen LogP contribution >= 0.6 is 0 Å². The maximum atomic E-state index is 11.2. The molecule has 0 saturated carbocycles. The Hall–Kier alpha value is -0.610. The lowest BCUT2D eigenvalue weighted by Gasteiger charge is -2.14. The fourth-order valence-electron chi connectivity index (χ4n) is 1.01. The van der Waals surface area contributed by atoms with Gasteiger partial charge in [0.15, 0.2) is 0 Å². The number of hydrogen-bond donors (Lipinski definition) is 2. The maximum Gasteiger partial charge on any atom is 0.246 e. The van der Waals surface area contributed by atoms with Crippen molar-refractivity contribution in [1.82, 2.24) is 5.32 Å². The van der Waals surface area contributed by atoms with Gasteiger partial charge in [0.25, 0.3) is 0 Å². The van der Waals surface area contributed by atoms with Gasteiger partial charge in [0.05, 0.1) is 6.61 Å². The number of carbonyl (C=O) groups excluding carboxylic acids is 1. The lowest BCUT2D eigenvalue weighted by molar-refractivity contribution is -0.126. The Labute approximate surface area is 79.8 Å². The fourth-order valence-corrected chi connectivity index (χ4v) is 1.01. The quantitative estimate of drug-likeness (QED) is 0.563. The number of amides is 1. The van der Waals surface area contributed by atoms with Crippen LogP contribution in [-0.4, -0.2) is 31.7 Å². The summed E-state index contributed by atoms with van der Waals surface area (Å²) in [5, 5.41) is 2.87. The van der Waals surface area contributed by atoms with Gasteiger partial charge >= 0.3 is 0 Å². The molecule has 3 N–H and O–H groups in total. The molecule has 0 saturated heterocycles. The summed E-state index contributed by atoms with van der Waals surface area (Å²) in [6.45, 7) is 5.12. The molecular weight excluding hydrogens is 168 g/mol. The number of carbonyl (C=O) groups is 1. The fraction of sp³-hybridized carbons (Fsp3) is 0.889. The zero-order valence-electron chi connectivity index (χ0n) is 8.51. The van der Waals surface area contributed by atoms with Crippen LogP contribution in [0.5, 0.6) is 0 Å². The molecule has 13 heavy (non-hydrogen) atoms. The molecule has 0 aliphatic carbocycles. The largest absolute Gasteiger partial charge is 0.370 e. The summed E-state index contributed by atoms with van der Waals surface area (Å²) in [6.07, 6.45) is 1.91. The molecular formula is C9H20N2O2. The zero-order valence-corrected chi connectivity index (χ0v) is 8.51. The van der Waals surface area contributed by atoms with E-state index in [9.17, 15) is 4.79 Å². The van der Waals surface area contributed by atoms with Gasteiger partial charge < -0.3 is 15.8 Å². The van der Waals surface area contributed by atoms with Gasteiger partial charge in [0, 0.05) is 12.6 Å². The highest BCUT2D eigenvalue weighted by atomic mass is 16.5. The zero-order chi connectivity index (χ0) is 10.1. The van der Waals surface area contributed by atoms with Crippen LogP contribution in [0.15, 0.2) is 0 Å². The average Bonchev–Trinajstić information content (AvgIpc) is 2.14. The molecule has 0 aliphatic heterocycles. The number of hydrogen-bond acceptors (Lipinski definition) is 3. The summed E-state index contributed by atoms with van der Waals surface area (Å²) in [5.41, 5.74) is 5.21. The minimum absolute atomic E-state index is 0.0536. The van der Waals surface area contributed by atoms with Crippen molar-refractivity contribution in [2.45, 2.75) is 32.7 Å². The van der Waals surface area contributed by atoms with Gasteiger partial charge in [-0.15, -0.1) is 0 Å². The molecule has 0 rings (SSSR count). The Morgan fingerprint density at radius 3 is 2.54 bits per heavy atom. The van der Waals surface area contributed by atoms with E-state index in [0.29, 0.717) is 13.2 Å². The molecule has 0 aromatic carbocycles. The lowest BCUT2D eigenvalue weighted by Crippen LogP contribution is -2.36. The molecule has 4 heteroatoms. The van der Waals surface area contributed by atoms with E-state index in [4.69, 9.17) is 10.5 Å². The van der Waals surface area contributed by atoms with Crippen LogP contribution in [0.1, 0.15) is 26.7 Å². The molecule has 0 unspecified atom stereocenters. The first-order chi connectivity index (χ1) is 6.24. The second-order valence-corrected chi connectivity index (χ2v) is 2.92. The van der Waals surface area contributed by atoms with E-state index in [2.05, 4.69) is 19.2 Å². The van der Waals surface area contributed by atoms with Gasteiger partial charge in [-0.25, -0.2) is 0 Å². The van der Waals surface area contributed by atoms with Gasteiger partial charge in [-0.3, -0.25) is 4.79 Å². The first-order valence-corrected chi connectivity index (χ1v) is 4.81. The van der Waals surface area contributed by atoms with Crippen LogP contribution in [-0.2, 0) is 9.53 Å². The molecule has 0 aromatic heterocycles. The normalized spacial score (nSPS) is 10.5. The van der Waals surface area contributed by atoms with Gasteiger partial charge in [-0.05, 0) is 12.8 Å². The monoisotopic (exact) mass is 188 g/mol. The van der Waals surface area contributed by atoms with Gasteiger partial charge in [-0.2, -0.15) is 0 Å². The molecule has 0 aliphatic rings. The summed E-state index contributed by atoms with van der Waals surface area (Å²) in [5.74, 6) is -0.0536. The van der Waals surface area contributed by atoms with E-state index in [1.165, 1.54) is 0 Å². The van der Waals surface area contributed by atoms with Crippen LogP contribution in [0.25, 0.3) is 0 Å². The topological polar surface area (TPSA) is 64.3 Å². The smallest absolute Gasteiger partial charge is 0.246 e. The summed E-state index contributed by atoms with van der Waals surface area (Å²) in [6, 6.07) is 0.272. The molecule has 0 fully saturated rings. The first-order valence-electron chi connectivity index (χ1n) is 4.81. The molecule has 0 heterocycles. The predicted octanol–water partition coefficient (Wildman–Crippen LogP) is 0.267. The minimum Gasteiger partial charge on any atom is -0.370 e. The standard InChI is InChI=1S/C9H20N2O2/c1-3-8(4-2)11-9(12)7-13-6-5-10/h8H,3-7,10H2,1-2H3,(H,11,12). The van der Waals surface area contributed by atoms with Crippen LogP contribution in [0.2, 0.25) is 0 Å². The second kappa shape index (κ2) is 8.01. The highest BCUT2D eigenvalue weighted by molar-refractivity contribution is 5.77. The van der Waals surface area contributed by atoms with Crippen LogP contribution in [0.3, 0.4) is 0 Å². The summed E-state index contributed by atoms with van der Waals surface area (Å²) in [7, 11) is 0. The molecule has 78 valence electrons. The summed E-state index contributed by atoms with van der Waals surface area (Å²) < 4.78 is 5.00. The van der Waals surface area contributed by atoms with E-state index in [1.807, 2.05) is 0 Å². The van der Waals surface area contributed by atoms with E-state index in [-0.39, 0.29) is 18.6 Å². The Kier molecular flexibility index (Phi) is 7.63. The van der Waals surface area contributed by atoms with Crippen molar-refractivity contribution >= 4 is 5.91 Å². The molecule has 0 spiro atoms. The molecule has 0 aromatic rings. The highest BCUT2D eigenvalue weighted by Gasteiger charge is 2.07. The number of rotatable bonds is 7. The third-order valence-electron chi connectivity index (χ3n) is 1.85. The number of nitrogens with two attached hydrogens (primary N) is 1. The van der Waals surface area contributed by atoms with E-state index >= 15 is 0 Å².